The summed E-state index contributed by atoms with van der Waals surface area (Å²) in [6.45, 7) is 0.133. The monoisotopic (exact) mass is 558 g/mol. The number of nitro benzene ring substituents is 1. The average molecular weight is 559 g/mol. The van der Waals surface area contributed by atoms with Gasteiger partial charge in [0.25, 0.3) is 5.69 Å². The molecule has 206 valence electrons. The highest BCUT2D eigenvalue weighted by Crippen LogP contribution is 2.35. The standard InChI is InChI=1S/C30H30N4O5S/c1-40-16-15-25(30(36)39-18-19-7-3-2-4-8-19)33-29(35)26-17-23-22-9-5-6-10-24(22)31-28(23)27(32-26)20-11-13-21(14-12-20)34(37)38/h2-14,25-27,31-32H,15-18H2,1H3,(H,33,35)/t25-,26-,27-/m0/s1. The number of nitrogens with one attached hydrogen (secondary N) is 3. The number of ether oxygens (including phenoxy) is 1. The Morgan fingerprint density at radius 3 is 2.52 bits per heavy atom. The van der Waals surface area contributed by atoms with Crippen LogP contribution in [0.15, 0.2) is 78.9 Å². The van der Waals surface area contributed by atoms with E-state index in [4.69, 9.17) is 4.74 Å². The Kier molecular flexibility index (Phi) is 8.47. The zero-order chi connectivity index (χ0) is 28.1. The quantitative estimate of drug-likeness (QED) is 0.147. The van der Waals surface area contributed by atoms with Gasteiger partial charge in [0, 0.05) is 28.7 Å². The number of thioether (sulfide) groups is 1. The summed E-state index contributed by atoms with van der Waals surface area (Å²) in [6.07, 6.45) is 2.81. The number of fused-ring (bicyclic) bond motifs is 3. The highest BCUT2D eigenvalue weighted by Gasteiger charge is 2.35. The van der Waals surface area contributed by atoms with E-state index in [1.165, 1.54) is 12.1 Å². The van der Waals surface area contributed by atoms with Crippen molar-refractivity contribution in [2.24, 2.45) is 0 Å². The van der Waals surface area contributed by atoms with E-state index < -0.39 is 29.0 Å². The van der Waals surface area contributed by atoms with Crippen LogP contribution in [0.4, 0.5) is 5.69 Å². The average Bonchev–Trinajstić information content (AvgIpc) is 3.36. The first-order chi connectivity index (χ1) is 19.4. The summed E-state index contributed by atoms with van der Waals surface area (Å²) in [4.78, 5) is 40.9. The molecule has 3 atom stereocenters. The fourth-order valence-corrected chi connectivity index (χ4v) is 5.51. The lowest BCUT2D eigenvalue weighted by Gasteiger charge is -2.32. The largest absolute Gasteiger partial charge is 0.459 e. The molecule has 0 aliphatic carbocycles. The van der Waals surface area contributed by atoms with E-state index in [0.29, 0.717) is 18.6 Å². The van der Waals surface area contributed by atoms with Gasteiger partial charge in [0.05, 0.1) is 17.0 Å². The summed E-state index contributed by atoms with van der Waals surface area (Å²) in [6, 6.07) is 21.8. The van der Waals surface area contributed by atoms with Gasteiger partial charge in [-0.1, -0.05) is 60.7 Å². The van der Waals surface area contributed by atoms with Crippen molar-refractivity contribution < 1.29 is 19.2 Å². The van der Waals surface area contributed by atoms with E-state index in [-0.39, 0.29) is 18.2 Å². The lowest BCUT2D eigenvalue weighted by molar-refractivity contribution is -0.384. The topological polar surface area (TPSA) is 126 Å². The lowest BCUT2D eigenvalue weighted by Crippen LogP contribution is -2.54. The van der Waals surface area contributed by atoms with Gasteiger partial charge in [-0.2, -0.15) is 11.8 Å². The van der Waals surface area contributed by atoms with Gasteiger partial charge >= 0.3 is 5.97 Å². The van der Waals surface area contributed by atoms with Crippen LogP contribution in [0.25, 0.3) is 10.9 Å². The maximum Gasteiger partial charge on any atom is 0.329 e. The molecule has 1 amide bonds. The number of non-ortho nitro benzene ring substituents is 1. The Labute approximate surface area is 235 Å². The number of esters is 1. The molecule has 3 aromatic carbocycles. The van der Waals surface area contributed by atoms with Crippen molar-refractivity contribution in [1.29, 1.82) is 0 Å². The van der Waals surface area contributed by atoms with Crippen molar-refractivity contribution in [3.05, 3.63) is 111 Å². The zero-order valence-corrected chi connectivity index (χ0v) is 22.8. The molecule has 0 spiro atoms. The first-order valence-corrected chi connectivity index (χ1v) is 14.4. The van der Waals surface area contributed by atoms with Gasteiger partial charge in [0.2, 0.25) is 5.91 Å². The third-order valence-electron chi connectivity index (χ3n) is 7.10. The Bertz CT molecular complexity index is 1510. The van der Waals surface area contributed by atoms with Gasteiger partial charge in [-0.3, -0.25) is 20.2 Å². The summed E-state index contributed by atoms with van der Waals surface area (Å²) in [5.74, 6) is -0.0889. The Morgan fingerprint density at radius 2 is 1.80 bits per heavy atom. The molecular weight excluding hydrogens is 528 g/mol. The molecule has 4 aromatic rings. The van der Waals surface area contributed by atoms with Crippen molar-refractivity contribution in [3.63, 3.8) is 0 Å². The number of hydrogen-bond donors (Lipinski definition) is 3. The van der Waals surface area contributed by atoms with E-state index in [1.807, 2.05) is 60.9 Å². The summed E-state index contributed by atoms with van der Waals surface area (Å²) < 4.78 is 5.55. The van der Waals surface area contributed by atoms with Crippen LogP contribution in [-0.2, 0) is 27.4 Å². The van der Waals surface area contributed by atoms with Crippen LogP contribution < -0.4 is 10.6 Å². The van der Waals surface area contributed by atoms with Gasteiger partial charge in [0.15, 0.2) is 0 Å². The number of nitrogens with zero attached hydrogens (tertiary/aromatic N) is 1. The molecule has 0 radical (unpaired) electrons. The number of aromatic amines is 1. The number of amides is 1. The van der Waals surface area contributed by atoms with E-state index >= 15 is 0 Å². The van der Waals surface area contributed by atoms with E-state index in [2.05, 4.69) is 15.6 Å². The summed E-state index contributed by atoms with van der Waals surface area (Å²) in [7, 11) is 0. The number of carbonyl (C=O) groups excluding carboxylic acids is 2. The predicted octanol–water partition coefficient (Wildman–Crippen LogP) is 4.66. The minimum atomic E-state index is -0.785. The molecule has 9 nitrogen and oxygen atoms in total. The SMILES string of the molecule is CSCC[C@H](NC(=O)[C@@H]1Cc2c([nH]c3ccccc23)[C@H](c2ccc([N+](=O)[O-])cc2)N1)C(=O)OCc1ccccc1. The molecule has 0 unspecified atom stereocenters. The minimum Gasteiger partial charge on any atom is -0.459 e. The van der Waals surface area contributed by atoms with Gasteiger partial charge in [-0.25, -0.2) is 4.79 Å². The third kappa shape index (κ3) is 6.03. The van der Waals surface area contributed by atoms with Crippen molar-refractivity contribution >= 4 is 40.2 Å². The smallest absolute Gasteiger partial charge is 0.329 e. The van der Waals surface area contributed by atoms with Crippen molar-refractivity contribution in [2.45, 2.75) is 37.6 Å². The number of para-hydroxylation sites is 1. The van der Waals surface area contributed by atoms with Gasteiger partial charge in [0.1, 0.15) is 12.6 Å². The molecule has 1 aliphatic heterocycles. The van der Waals surface area contributed by atoms with Crippen molar-refractivity contribution in [1.82, 2.24) is 15.6 Å². The molecule has 0 saturated heterocycles. The number of rotatable bonds is 10. The van der Waals surface area contributed by atoms with Crippen LogP contribution in [0.1, 0.15) is 34.8 Å². The van der Waals surface area contributed by atoms with Crippen molar-refractivity contribution in [2.75, 3.05) is 12.0 Å². The normalized spacial score (nSPS) is 17.1. The van der Waals surface area contributed by atoms with Crippen LogP contribution in [0.5, 0.6) is 0 Å². The van der Waals surface area contributed by atoms with Crippen LogP contribution in [0, 0.1) is 10.1 Å². The van der Waals surface area contributed by atoms with E-state index in [9.17, 15) is 19.7 Å². The van der Waals surface area contributed by atoms with Crippen LogP contribution in [0.2, 0.25) is 0 Å². The molecule has 1 aromatic heterocycles. The minimum absolute atomic E-state index is 0.00336. The van der Waals surface area contributed by atoms with Crippen LogP contribution >= 0.6 is 11.8 Å². The van der Waals surface area contributed by atoms with Crippen molar-refractivity contribution in [3.8, 4) is 0 Å². The Morgan fingerprint density at radius 1 is 1.07 bits per heavy atom. The van der Waals surface area contributed by atoms with Gasteiger partial charge in [-0.15, -0.1) is 0 Å². The molecule has 40 heavy (non-hydrogen) atoms. The van der Waals surface area contributed by atoms with Crippen LogP contribution in [0.3, 0.4) is 0 Å². The molecule has 0 fully saturated rings. The van der Waals surface area contributed by atoms with Crippen LogP contribution in [-0.4, -0.2) is 45.9 Å². The van der Waals surface area contributed by atoms with E-state index in [0.717, 1.165) is 33.3 Å². The third-order valence-corrected chi connectivity index (χ3v) is 7.74. The molecule has 1 aliphatic rings. The lowest BCUT2D eigenvalue weighted by atomic mass is 9.90. The second-order valence-corrected chi connectivity index (χ2v) is 10.7. The number of hydrogen-bond acceptors (Lipinski definition) is 7. The first-order valence-electron chi connectivity index (χ1n) is 13.0. The fourth-order valence-electron chi connectivity index (χ4n) is 5.04. The molecule has 5 rings (SSSR count). The first kappa shape index (κ1) is 27.4. The Balaban J connectivity index is 1.38. The Hall–Kier alpha value is -4.15. The molecule has 2 heterocycles. The predicted molar refractivity (Wildman–Crippen MR) is 155 cm³/mol. The molecule has 3 N–H and O–H groups in total. The highest BCUT2D eigenvalue weighted by molar-refractivity contribution is 7.98. The number of nitro groups is 1. The fraction of sp³-hybridized carbons (Fsp3) is 0.267. The number of H-pyrrole nitrogens is 1. The zero-order valence-electron chi connectivity index (χ0n) is 22.0. The number of aromatic nitrogens is 1. The van der Waals surface area contributed by atoms with E-state index in [1.54, 1.807) is 23.9 Å². The number of benzene rings is 3. The molecule has 10 heteroatoms. The maximum atomic E-state index is 13.7. The molecular formula is C30H30N4O5S. The molecule has 0 bridgehead atoms. The number of carbonyl (C=O) groups is 2. The van der Waals surface area contributed by atoms with Gasteiger partial charge < -0.3 is 15.0 Å². The second-order valence-electron chi connectivity index (χ2n) is 9.70. The summed E-state index contributed by atoms with van der Waals surface area (Å²) in [5.41, 5.74) is 4.53. The maximum absolute atomic E-state index is 13.7. The summed E-state index contributed by atoms with van der Waals surface area (Å²) >= 11 is 1.59. The second kappa shape index (κ2) is 12.4. The molecule has 0 saturated carbocycles. The van der Waals surface area contributed by atoms with Gasteiger partial charge in [-0.05, 0) is 47.6 Å². The summed E-state index contributed by atoms with van der Waals surface area (Å²) in [5, 5.41) is 18.6. The highest BCUT2D eigenvalue weighted by atomic mass is 32.2.